The Morgan fingerprint density at radius 2 is 1.81 bits per heavy atom. The smallest absolute Gasteiger partial charge is 0.204 e. The first-order valence-electron chi connectivity index (χ1n) is 6.56. The summed E-state index contributed by atoms with van der Waals surface area (Å²) in [4.78, 5) is 0. The zero-order chi connectivity index (χ0) is 14.5. The van der Waals surface area contributed by atoms with E-state index in [9.17, 15) is 0 Å². The van der Waals surface area contributed by atoms with Gasteiger partial charge in [-0.1, -0.05) is 12.1 Å². The number of rotatable bonds is 5. The monoisotopic (exact) mass is 281 g/mol. The molecule has 0 aliphatic rings. The Balaban J connectivity index is 1.62. The molecule has 0 amide bonds. The maximum atomic E-state index is 5.14. The molecular formula is C15H15N5O. The average Bonchev–Trinajstić information content (AvgIpc) is 3.08. The van der Waals surface area contributed by atoms with Gasteiger partial charge in [-0.25, -0.2) is 0 Å². The fourth-order valence-electron chi connectivity index (χ4n) is 1.97. The Bertz CT molecular complexity index is 677. The van der Waals surface area contributed by atoms with Gasteiger partial charge in [0.2, 0.25) is 5.82 Å². The molecule has 106 valence electrons. The van der Waals surface area contributed by atoms with Gasteiger partial charge in [-0.15, -0.1) is 10.2 Å². The van der Waals surface area contributed by atoms with Crippen LogP contribution in [0.1, 0.15) is 5.56 Å². The van der Waals surface area contributed by atoms with Crippen LogP contribution >= 0.6 is 0 Å². The van der Waals surface area contributed by atoms with Gasteiger partial charge >= 0.3 is 0 Å². The van der Waals surface area contributed by atoms with E-state index in [1.54, 1.807) is 7.11 Å². The molecule has 3 aromatic rings. The maximum absolute atomic E-state index is 5.14. The lowest BCUT2D eigenvalue weighted by Crippen LogP contribution is -1.99. The van der Waals surface area contributed by atoms with Crippen LogP contribution in [0, 0.1) is 0 Å². The molecule has 0 aliphatic carbocycles. The topological polar surface area (TPSA) is 75.7 Å². The highest BCUT2D eigenvalue weighted by molar-refractivity contribution is 5.59. The van der Waals surface area contributed by atoms with Crippen molar-refractivity contribution in [3.8, 4) is 17.1 Å². The minimum absolute atomic E-state index is 0.594. The van der Waals surface area contributed by atoms with Crippen molar-refractivity contribution in [1.82, 2.24) is 20.6 Å². The lowest BCUT2D eigenvalue weighted by Gasteiger charge is -2.07. The van der Waals surface area contributed by atoms with E-state index in [0.29, 0.717) is 5.82 Å². The van der Waals surface area contributed by atoms with E-state index in [-0.39, 0.29) is 0 Å². The second-order valence-electron chi connectivity index (χ2n) is 4.51. The van der Waals surface area contributed by atoms with E-state index < -0.39 is 0 Å². The Kier molecular flexibility index (Phi) is 3.77. The normalized spacial score (nSPS) is 10.3. The Morgan fingerprint density at radius 1 is 1.05 bits per heavy atom. The van der Waals surface area contributed by atoms with Crippen LogP contribution in [0.15, 0.2) is 48.5 Å². The molecule has 1 heterocycles. The van der Waals surface area contributed by atoms with Gasteiger partial charge in [0, 0.05) is 17.8 Å². The van der Waals surface area contributed by atoms with Crippen molar-refractivity contribution in [1.29, 1.82) is 0 Å². The number of nitrogens with zero attached hydrogens (tertiary/aromatic N) is 3. The molecule has 0 bridgehead atoms. The number of H-pyrrole nitrogens is 1. The summed E-state index contributed by atoms with van der Waals surface area (Å²) in [5, 5.41) is 17.3. The molecule has 0 saturated heterocycles. The highest BCUT2D eigenvalue weighted by Crippen LogP contribution is 2.18. The summed E-state index contributed by atoms with van der Waals surface area (Å²) in [6.45, 7) is 0.756. The first-order valence-corrected chi connectivity index (χ1v) is 6.56. The number of tetrazole rings is 1. The van der Waals surface area contributed by atoms with E-state index in [1.165, 1.54) is 5.56 Å². The van der Waals surface area contributed by atoms with Crippen molar-refractivity contribution in [2.24, 2.45) is 0 Å². The SMILES string of the molecule is COc1ccc(CNc2ccc(-c3nn[nH]n3)cc2)cc1. The van der Waals surface area contributed by atoms with Crippen LogP contribution in [0.2, 0.25) is 0 Å². The van der Waals surface area contributed by atoms with Crippen LogP contribution < -0.4 is 10.1 Å². The van der Waals surface area contributed by atoms with E-state index in [2.05, 4.69) is 25.9 Å². The Labute approximate surface area is 122 Å². The predicted molar refractivity (Wildman–Crippen MR) is 79.9 cm³/mol. The molecule has 0 atom stereocenters. The molecule has 6 nitrogen and oxygen atoms in total. The minimum Gasteiger partial charge on any atom is -0.497 e. The molecule has 21 heavy (non-hydrogen) atoms. The van der Waals surface area contributed by atoms with E-state index in [0.717, 1.165) is 23.5 Å². The van der Waals surface area contributed by atoms with E-state index >= 15 is 0 Å². The fourth-order valence-corrected chi connectivity index (χ4v) is 1.97. The van der Waals surface area contributed by atoms with Gasteiger partial charge in [-0.2, -0.15) is 5.21 Å². The van der Waals surface area contributed by atoms with Gasteiger partial charge in [0.15, 0.2) is 0 Å². The average molecular weight is 281 g/mol. The zero-order valence-corrected chi connectivity index (χ0v) is 11.6. The molecule has 0 fully saturated rings. The van der Waals surface area contributed by atoms with Crippen LogP contribution in [-0.2, 0) is 6.54 Å². The highest BCUT2D eigenvalue weighted by atomic mass is 16.5. The van der Waals surface area contributed by atoms with Crippen LogP contribution in [-0.4, -0.2) is 27.7 Å². The number of aromatic amines is 1. The molecule has 0 radical (unpaired) electrons. The number of aromatic nitrogens is 4. The Morgan fingerprint density at radius 3 is 2.43 bits per heavy atom. The molecule has 0 spiro atoms. The standard InChI is InChI=1S/C15H15N5O/c1-21-14-8-2-11(3-9-14)10-16-13-6-4-12(5-7-13)15-17-19-20-18-15/h2-9,16H,10H2,1H3,(H,17,18,19,20). The molecule has 6 heteroatoms. The van der Waals surface area contributed by atoms with Gasteiger partial charge in [-0.05, 0) is 47.2 Å². The van der Waals surface area contributed by atoms with Crippen molar-refractivity contribution in [2.75, 3.05) is 12.4 Å². The molecule has 0 saturated carbocycles. The Hall–Kier alpha value is -2.89. The summed E-state index contributed by atoms with van der Waals surface area (Å²) in [7, 11) is 1.67. The fraction of sp³-hybridized carbons (Fsp3) is 0.133. The molecule has 0 unspecified atom stereocenters. The zero-order valence-electron chi connectivity index (χ0n) is 11.6. The molecule has 1 aromatic heterocycles. The highest BCUT2D eigenvalue weighted by Gasteiger charge is 2.02. The van der Waals surface area contributed by atoms with Crippen molar-refractivity contribution in [2.45, 2.75) is 6.54 Å². The van der Waals surface area contributed by atoms with Gasteiger partial charge < -0.3 is 10.1 Å². The summed E-state index contributed by atoms with van der Waals surface area (Å²) in [6.07, 6.45) is 0. The van der Waals surface area contributed by atoms with Gasteiger partial charge in [0.1, 0.15) is 5.75 Å². The number of hydrogen-bond acceptors (Lipinski definition) is 5. The molecule has 3 rings (SSSR count). The van der Waals surface area contributed by atoms with E-state index in [1.807, 2.05) is 48.5 Å². The summed E-state index contributed by atoms with van der Waals surface area (Å²) in [6, 6.07) is 15.9. The van der Waals surface area contributed by atoms with Crippen LogP contribution in [0.5, 0.6) is 5.75 Å². The maximum Gasteiger partial charge on any atom is 0.204 e. The molecule has 2 aromatic carbocycles. The van der Waals surface area contributed by atoms with Gasteiger partial charge in [0.25, 0.3) is 0 Å². The third-order valence-corrected chi connectivity index (χ3v) is 3.14. The predicted octanol–water partition coefficient (Wildman–Crippen LogP) is 2.49. The molecule has 0 aliphatic heterocycles. The summed E-state index contributed by atoms with van der Waals surface area (Å²) in [5.74, 6) is 1.46. The number of nitrogens with one attached hydrogen (secondary N) is 2. The third kappa shape index (κ3) is 3.17. The quantitative estimate of drug-likeness (QED) is 0.751. The van der Waals surface area contributed by atoms with Crippen LogP contribution in [0.3, 0.4) is 0 Å². The number of methoxy groups -OCH3 is 1. The first kappa shape index (κ1) is 13.1. The first-order chi connectivity index (χ1) is 10.3. The lowest BCUT2D eigenvalue weighted by atomic mass is 10.2. The largest absolute Gasteiger partial charge is 0.497 e. The van der Waals surface area contributed by atoms with Gasteiger partial charge in [-0.3, -0.25) is 0 Å². The number of benzene rings is 2. The van der Waals surface area contributed by atoms with Gasteiger partial charge in [0.05, 0.1) is 7.11 Å². The van der Waals surface area contributed by atoms with Crippen LogP contribution in [0.25, 0.3) is 11.4 Å². The summed E-state index contributed by atoms with van der Waals surface area (Å²) >= 11 is 0. The summed E-state index contributed by atoms with van der Waals surface area (Å²) in [5.41, 5.74) is 3.16. The molecule has 2 N–H and O–H groups in total. The number of hydrogen-bond donors (Lipinski definition) is 2. The van der Waals surface area contributed by atoms with Crippen molar-refractivity contribution >= 4 is 5.69 Å². The minimum atomic E-state index is 0.594. The third-order valence-electron chi connectivity index (χ3n) is 3.14. The van der Waals surface area contributed by atoms with Crippen molar-refractivity contribution in [3.63, 3.8) is 0 Å². The second kappa shape index (κ2) is 6.04. The number of ether oxygens (including phenoxy) is 1. The van der Waals surface area contributed by atoms with Crippen LogP contribution in [0.4, 0.5) is 5.69 Å². The van der Waals surface area contributed by atoms with Crippen molar-refractivity contribution < 1.29 is 4.74 Å². The second-order valence-corrected chi connectivity index (χ2v) is 4.51. The molecular weight excluding hydrogens is 266 g/mol. The lowest BCUT2D eigenvalue weighted by molar-refractivity contribution is 0.414. The van der Waals surface area contributed by atoms with Crippen molar-refractivity contribution in [3.05, 3.63) is 54.1 Å². The summed E-state index contributed by atoms with van der Waals surface area (Å²) < 4.78 is 5.14. The number of anilines is 1. The van der Waals surface area contributed by atoms with E-state index in [4.69, 9.17) is 4.74 Å².